The van der Waals surface area contributed by atoms with Gasteiger partial charge in [-0.1, -0.05) is 34.5 Å². The average Bonchev–Trinajstić information content (AvgIpc) is 2.88. The zero-order valence-electron chi connectivity index (χ0n) is 12.2. The van der Waals surface area contributed by atoms with E-state index in [-0.39, 0.29) is 6.04 Å². The van der Waals surface area contributed by atoms with E-state index in [0.29, 0.717) is 6.61 Å². The van der Waals surface area contributed by atoms with Crippen LogP contribution in [0.4, 0.5) is 0 Å². The molecule has 2 rings (SSSR count). The number of halogens is 2. The molecule has 0 saturated heterocycles. The van der Waals surface area contributed by atoms with E-state index in [4.69, 9.17) is 16.3 Å². The van der Waals surface area contributed by atoms with Crippen molar-refractivity contribution in [2.75, 3.05) is 13.2 Å². The van der Waals surface area contributed by atoms with E-state index in [1.54, 1.807) is 11.3 Å². The molecule has 2 aromatic rings. The van der Waals surface area contributed by atoms with Crippen LogP contribution in [0.25, 0.3) is 0 Å². The molecule has 0 amide bonds. The zero-order chi connectivity index (χ0) is 15.2. The van der Waals surface area contributed by atoms with Crippen molar-refractivity contribution in [1.29, 1.82) is 0 Å². The Kier molecular flexibility index (Phi) is 6.55. The number of rotatable bonds is 7. The van der Waals surface area contributed by atoms with E-state index in [1.807, 2.05) is 30.5 Å². The summed E-state index contributed by atoms with van der Waals surface area (Å²) in [6.07, 6.45) is 1.07. The second-order valence-electron chi connectivity index (χ2n) is 4.64. The highest BCUT2D eigenvalue weighted by Gasteiger charge is 2.21. The van der Waals surface area contributed by atoms with Gasteiger partial charge in [0.05, 0.1) is 17.7 Å². The summed E-state index contributed by atoms with van der Waals surface area (Å²) in [6.45, 7) is 5.73. The van der Waals surface area contributed by atoms with Crippen LogP contribution in [0.15, 0.2) is 34.1 Å². The van der Waals surface area contributed by atoms with Gasteiger partial charge in [0, 0.05) is 14.9 Å². The molecule has 1 heterocycles. The van der Waals surface area contributed by atoms with Gasteiger partial charge in [0.1, 0.15) is 5.75 Å². The van der Waals surface area contributed by atoms with Gasteiger partial charge >= 0.3 is 0 Å². The van der Waals surface area contributed by atoms with Gasteiger partial charge in [-0.25, -0.2) is 0 Å². The monoisotopic (exact) mass is 387 g/mol. The molecule has 21 heavy (non-hydrogen) atoms. The van der Waals surface area contributed by atoms with Crippen LogP contribution in [0.5, 0.6) is 5.75 Å². The van der Waals surface area contributed by atoms with E-state index >= 15 is 0 Å². The first kappa shape index (κ1) is 16.8. The highest BCUT2D eigenvalue weighted by atomic mass is 79.9. The summed E-state index contributed by atoms with van der Waals surface area (Å²) >= 11 is 11.6. The average molecular weight is 389 g/mol. The molecule has 0 radical (unpaired) electrons. The van der Waals surface area contributed by atoms with E-state index < -0.39 is 0 Å². The second-order valence-corrected chi connectivity index (χ2v) is 6.91. The van der Waals surface area contributed by atoms with Crippen molar-refractivity contribution in [2.45, 2.75) is 26.3 Å². The molecule has 0 bridgehead atoms. The minimum Gasteiger partial charge on any atom is -0.494 e. The lowest BCUT2D eigenvalue weighted by molar-refractivity contribution is 0.333. The lowest BCUT2D eigenvalue weighted by Crippen LogP contribution is -2.23. The maximum absolute atomic E-state index is 6.35. The molecule has 1 aromatic carbocycles. The summed E-state index contributed by atoms with van der Waals surface area (Å²) in [5.41, 5.74) is 1.11. The summed E-state index contributed by atoms with van der Waals surface area (Å²) in [5, 5.41) is 6.41. The molecular weight excluding hydrogens is 370 g/mol. The SMILES string of the molecule is CCCNC(c1cc(Br)ccc1OCC)c1sccc1Cl. The van der Waals surface area contributed by atoms with Crippen molar-refractivity contribution >= 4 is 38.9 Å². The fourth-order valence-electron chi connectivity index (χ4n) is 2.18. The quantitative estimate of drug-likeness (QED) is 0.661. The van der Waals surface area contributed by atoms with Gasteiger partial charge < -0.3 is 10.1 Å². The van der Waals surface area contributed by atoms with Gasteiger partial charge in [-0.2, -0.15) is 0 Å². The topological polar surface area (TPSA) is 21.3 Å². The summed E-state index contributed by atoms with van der Waals surface area (Å²) in [7, 11) is 0. The molecule has 2 nitrogen and oxygen atoms in total. The summed E-state index contributed by atoms with van der Waals surface area (Å²) in [6, 6.07) is 8.11. The van der Waals surface area contributed by atoms with Crippen LogP contribution < -0.4 is 10.1 Å². The van der Waals surface area contributed by atoms with Gasteiger partial charge in [0.25, 0.3) is 0 Å². The predicted molar refractivity (Wildman–Crippen MR) is 94.8 cm³/mol. The number of hydrogen-bond acceptors (Lipinski definition) is 3. The summed E-state index contributed by atoms with van der Waals surface area (Å²) in [4.78, 5) is 1.13. The van der Waals surface area contributed by atoms with Gasteiger partial charge in [0.2, 0.25) is 0 Å². The third-order valence-electron chi connectivity index (χ3n) is 3.09. The van der Waals surface area contributed by atoms with E-state index in [0.717, 1.165) is 38.7 Å². The maximum Gasteiger partial charge on any atom is 0.124 e. The lowest BCUT2D eigenvalue weighted by Gasteiger charge is -2.21. The van der Waals surface area contributed by atoms with Crippen LogP contribution in [-0.4, -0.2) is 13.2 Å². The Hall–Kier alpha value is -0.550. The first-order valence-corrected chi connectivity index (χ1v) is 9.11. The predicted octanol–water partition coefficient (Wildman–Crippen LogP) is 5.65. The molecule has 0 aliphatic carbocycles. The Bertz CT molecular complexity index is 587. The number of ether oxygens (including phenoxy) is 1. The molecular formula is C16H19BrClNOS. The Balaban J connectivity index is 2.45. The smallest absolute Gasteiger partial charge is 0.124 e. The summed E-state index contributed by atoms with van der Waals surface area (Å²) < 4.78 is 6.83. The maximum atomic E-state index is 6.35. The largest absolute Gasteiger partial charge is 0.494 e. The highest BCUT2D eigenvalue weighted by Crippen LogP contribution is 2.38. The van der Waals surface area contributed by atoms with Crippen molar-refractivity contribution in [1.82, 2.24) is 5.32 Å². The lowest BCUT2D eigenvalue weighted by atomic mass is 10.0. The fraction of sp³-hybridized carbons (Fsp3) is 0.375. The molecule has 1 aromatic heterocycles. The van der Waals surface area contributed by atoms with Crippen LogP contribution in [0.2, 0.25) is 5.02 Å². The molecule has 1 unspecified atom stereocenters. The van der Waals surface area contributed by atoms with Crippen molar-refractivity contribution in [3.05, 3.63) is 49.6 Å². The Labute approximate surface area is 143 Å². The van der Waals surface area contributed by atoms with E-state index in [9.17, 15) is 0 Å². The van der Waals surface area contributed by atoms with E-state index in [2.05, 4.69) is 34.2 Å². The van der Waals surface area contributed by atoms with Gasteiger partial charge in [0.15, 0.2) is 0 Å². The minimum atomic E-state index is 0.0523. The fourth-order valence-corrected chi connectivity index (χ4v) is 3.81. The molecule has 0 aliphatic rings. The molecule has 1 N–H and O–H groups in total. The molecule has 0 aliphatic heterocycles. The van der Waals surface area contributed by atoms with Gasteiger partial charge in [-0.05, 0) is 49.5 Å². The van der Waals surface area contributed by atoms with Crippen LogP contribution in [0, 0.1) is 0 Å². The van der Waals surface area contributed by atoms with Crippen LogP contribution in [0.1, 0.15) is 36.8 Å². The zero-order valence-corrected chi connectivity index (χ0v) is 15.3. The summed E-state index contributed by atoms with van der Waals surface area (Å²) in [5.74, 6) is 0.902. The highest BCUT2D eigenvalue weighted by molar-refractivity contribution is 9.10. The standard InChI is InChI=1S/C16H19BrClNOS/c1-3-8-19-15(16-13(18)7-9-21-16)12-10-11(17)5-6-14(12)20-4-2/h5-7,9-10,15,19H,3-4,8H2,1-2H3. The second kappa shape index (κ2) is 8.18. The van der Waals surface area contributed by atoms with Gasteiger partial charge in [-0.3, -0.25) is 0 Å². The number of nitrogens with one attached hydrogen (secondary N) is 1. The number of hydrogen-bond donors (Lipinski definition) is 1. The Morgan fingerprint density at radius 3 is 2.76 bits per heavy atom. The molecule has 0 saturated carbocycles. The first-order valence-electron chi connectivity index (χ1n) is 7.05. The molecule has 0 fully saturated rings. The first-order chi connectivity index (χ1) is 10.2. The van der Waals surface area contributed by atoms with Crippen LogP contribution >= 0.6 is 38.9 Å². The van der Waals surface area contributed by atoms with Crippen molar-refractivity contribution < 1.29 is 4.74 Å². The van der Waals surface area contributed by atoms with Crippen LogP contribution in [0.3, 0.4) is 0 Å². The minimum absolute atomic E-state index is 0.0523. The Morgan fingerprint density at radius 2 is 2.14 bits per heavy atom. The number of benzene rings is 1. The van der Waals surface area contributed by atoms with Crippen molar-refractivity contribution in [2.24, 2.45) is 0 Å². The third kappa shape index (κ3) is 4.22. The molecule has 114 valence electrons. The number of thiophene rings is 1. The van der Waals surface area contributed by atoms with Crippen molar-refractivity contribution in [3.8, 4) is 5.75 Å². The van der Waals surface area contributed by atoms with Crippen LogP contribution in [-0.2, 0) is 0 Å². The normalized spacial score (nSPS) is 12.4. The Morgan fingerprint density at radius 1 is 1.33 bits per heavy atom. The molecule has 0 spiro atoms. The molecule has 5 heteroatoms. The molecule has 1 atom stereocenters. The van der Waals surface area contributed by atoms with Crippen molar-refractivity contribution in [3.63, 3.8) is 0 Å². The van der Waals surface area contributed by atoms with E-state index in [1.165, 1.54) is 0 Å². The third-order valence-corrected chi connectivity index (χ3v) is 5.00. The van der Waals surface area contributed by atoms with Gasteiger partial charge in [-0.15, -0.1) is 11.3 Å².